The molecule has 1 amide bonds. The SMILES string of the molecule is C[C@H](NC(=O)Cn1cnc2scc(-c3ccc(F)cc3)c2c1=O)c1ccccn1. The number of halogens is 1. The van der Waals surface area contributed by atoms with Gasteiger partial charge in [0.2, 0.25) is 5.91 Å². The fourth-order valence-electron chi connectivity index (χ4n) is 3.07. The maximum atomic E-state index is 13.2. The van der Waals surface area contributed by atoms with Gasteiger partial charge in [-0.3, -0.25) is 19.1 Å². The topological polar surface area (TPSA) is 76.9 Å². The van der Waals surface area contributed by atoms with Gasteiger partial charge in [0.1, 0.15) is 17.2 Å². The molecule has 0 saturated heterocycles. The maximum absolute atomic E-state index is 13.2. The van der Waals surface area contributed by atoms with Crippen LogP contribution >= 0.6 is 11.3 Å². The smallest absolute Gasteiger partial charge is 0.263 e. The first-order valence-corrected chi connectivity index (χ1v) is 9.84. The Morgan fingerprint density at radius 2 is 2.00 bits per heavy atom. The molecule has 4 aromatic rings. The molecular formula is C21H17FN4O2S. The van der Waals surface area contributed by atoms with Crippen LogP contribution in [0.1, 0.15) is 18.7 Å². The molecule has 0 saturated carbocycles. The van der Waals surface area contributed by atoms with Gasteiger partial charge in [-0.2, -0.15) is 0 Å². The number of nitrogens with one attached hydrogen (secondary N) is 1. The zero-order valence-corrected chi connectivity index (χ0v) is 16.3. The summed E-state index contributed by atoms with van der Waals surface area (Å²) in [5.74, 6) is -0.660. The molecule has 0 bridgehead atoms. The van der Waals surface area contributed by atoms with Gasteiger partial charge in [-0.05, 0) is 36.8 Å². The van der Waals surface area contributed by atoms with Gasteiger partial charge in [0.05, 0.1) is 23.4 Å². The molecule has 4 rings (SSSR count). The molecule has 1 N–H and O–H groups in total. The zero-order chi connectivity index (χ0) is 20.4. The Bertz CT molecular complexity index is 1220. The van der Waals surface area contributed by atoms with E-state index in [1.165, 1.54) is 34.4 Å². The van der Waals surface area contributed by atoms with Gasteiger partial charge in [-0.1, -0.05) is 18.2 Å². The summed E-state index contributed by atoms with van der Waals surface area (Å²) in [6.07, 6.45) is 3.04. The number of amides is 1. The summed E-state index contributed by atoms with van der Waals surface area (Å²) in [5, 5.41) is 5.08. The summed E-state index contributed by atoms with van der Waals surface area (Å²) in [6, 6.07) is 11.1. The van der Waals surface area contributed by atoms with E-state index in [0.717, 1.165) is 11.3 Å². The Labute approximate surface area is 169 Å². The average Bonchev–Trinajstić information content (AvgIpc) is 3.16. The summed E-state index contributed by atoms with van der Waals surface area (Å²) in [7, 11) is 0. The minimum atomic E-state index is -0.345. The summed E-state index contributed by atoms with van der Waals surface area (Å²) in [5.41, 5.74) is 1.83. The number of hydrogen-bond acceptors (Lipinski definition) is 5. The molecule has 8 heteroatoms. The average molecular weight is 408 g/mol. The first-order valence-electron chi connectivity index (χ1n) is 8.96. The second kappa shape index (κ2) is 7.92. The van der Waals surface area contributed by atoms with Crippen LogP contribution in [0.25, 0.3) is 21.3 Å². The van der Waals surface area contributed by atoms with Crippen molar-refractivity contribution in [3.05, 3.63) is 82.2 Å². The highest BCUT2D eigenvalue weighted by Gasteiger charge is 2.16. The largest absolute Gasteiger partial charge is 0.346 e. The van der Waals surface area contributed by atoms with Crippen molar-refractivity contribution in [3.8, 4) is 11.1 Å². The lowest BCUT2D eigenvalue weighted by Crippen LogP contribution is -2.34. The minimum Gasteiger partial charge on any atom is -0.346 e. The van der Waals surface area contributed by atoms with Crippen LogP contribution in [0.5, 0.6) is 0 Å². The summed E-state index contributed by atoms with van der Waals surface area (Å²) in [6.45, 7) is 1.67. The standard InChI is InChI=1S/C21H17FN4O2S/c1-13(17-4-2-3-9-23-17)25-18(27)10-26-12-24-20-19(21(26)28)16(11-29-20)14-5-7-15(22)8-6-14/h2-9,11-13H,10H2,1H3,(H,25,27)/t13-/m0/s1. The van der Waals surface area contributed by atoms with E-state index in [1.54, 1.807) is 24.4 Å². The van der Waals surface area contributed by atoms with Crippen molar-refractivity contribution in [1.29, 1.82) is 0 Å². The first-order chi connectivity index (χ1) is 14.0. The van der Waals surface area contributed by atoms with Gasteiger partial charge in [-0.25, -0.2) is 9.37 Å². The number of fused-ring (bicyclic) bond motifs is 1. The molecule has 6 nitrogen and oxygen atoms in total. The first kappa shape index (κ1) is 18.9. The molecule has 0 radical (unpaired) electrons. The monoisotopic (exact) mass is 408 g/mol. The number of carbonyl (C=O) groups excluding carboxylic acids is 1. The van der Waals surface area contributed by atoms with Crippen LogP contribution in [0, 0.1) is 5.82 Å². The van der Waals surface area contributed by atoms with Gasteiger partial charge in [0.15, 0.2) is 0 Å². The summed E-state index contributed by atoms with van der Waals surface area (Å²) in [4.78, 5) is 34.6. The van der Waals surface area contributed by atoms with Gasteiger partial charge in [-0.15, -0.1) is 11.3 Å². The molecule has 0 aliphatic carbocycles. The van der Waals surface area contributed by atoms with Crippen molar-refractivity contribution in [2.24, 2.45) is 0 Å². The van der Waals surface area contributed by atoms with E-state index in [9.17, 15) is 14.0 Å². The number of thiophene rings is 1. The zero-order valence-electron chi connectivity index (χ0n) is 15.5. The van der Waals surface area contributed by atoms with E-state index in [4.69, 9.17) is 0 Å². The van der Waals surface area contributed by atoms with Crippen molar-refractivity contribution in [2.45, 2.75) is 19.5 Å². The predicted molar refractivity (Wildman–Crippen MR) is 110 cm³/mol. The van der Waals surface area contributed by atoms with Crippen molar-refractivity contribution in [3.63, 3.8) is 0 Å². The van der Waals surface area contributed by atoms with Crippen LogP contribution in [0.15, 0.2) is 65.2 Å². The van der Waals surface area contributed by atoms with E-state index >= 15 is 0 Å². The molecule has 146 valence electrons. The van der Waals surface area contributed by atoms with Crippen molar-refractivity contribution in [2.75, 3.05) is 0 Å². The number of nitrogens with zero attached hydrogens (tertiary/aromatic N) is 3. The molecule has 29 heavy (non-hydrogen) atoms. The van der Waals surface area contributed by atoms with Crippen molar-refractivity contribution in [1.82, 2.24) is 19.9 Å². The molecule has 0 spiro atoms. The third kappa shape index (κ3) is 3.93. The number of aromatic nitrogens is 3. The van der Waals surface area contributed by atoms with Crippen LogP contribution < -0.4 is 10.9 Å². The number of pyridine rings is 1. The number of carbonyl (C=O) groups is 1. The highest BCUT2D eigenvalue weighted by atomic mass is 32.1. The summed E-state index contributed by atoms with van der Waals surface area (Å²) < 4.78 is 14.5. The molecule has 3 heterocycles. The van der Waals surface area contributed by atoms with E-state index in [0.29, 0.717) is 15.8 Å². The Kier molecular flexibility index (Phi) is 5.18. The van der Waals surface area contributed by atoms with Crippen LogP contribution in [0.3, 0.4) is 0 Å². The normalized spacial score (nSPS) is 12.1. The van der Waals surface area contributed by atoms with Gasteiger partial charge < -0.3 is 5.32 Å². The van der Waals surface area contributed by atoms with Gasteiger partial charge in [0, 0.05) is 17.1 Å². The maximum Gasteiger partial charge on any atom is 0.263 e. The Hall–Kier alpha value is -3.39. The lowest BCUT2D eigenvalue weighted by molar-refractivity contribution is -0.122. The third-order valence-corrected chi connectivity index (χ3v) is 5.43. The lowest BCUT2D eigenvalue weighted by Gasteiger charge is -2.14. The lowest BCUT2D eigenvalue weighted by atomic mass is 10.1. The highest BCUT2D eigenvalue weighted by molar-refractivity contribution is 7.17. The second-order valence-electron chi connectivity index (χ2n) is 6.56. The van der Waals surface area contributed by atoms with Crippen molar-refractivity contribution < 1.29 is 9.18 Å². The van der Waals surface area contributed by atoms with Crippen LogP contribution in [0.4, 0.5) is 4.39 Å². The number of benzene rings is 1. The summed E-state index contributed by atoms with van der Waals surface area (Å²) >= 11 is 1.34. The van der Waals surface area contributed by atoms with Gasteiger partial charge in [0.25, 0.3) is 5.56 Å². The minimum absolute atomic E-state index is 0.155. The Morgan fingerprint density at radius 3 is 2.72 bits per heavy atom. The van der Waals surface area contributed by atoms with E-state index in [-0.39, 0.29) is 29.9 Å². The fourth-order valence-corrected chi connectivity index (χ4v) is 3.98. The Balaban J connectivity index is 1.60. The highest BCUT2D eigenvalue weighted by Crippen LogP contribution is 2.30. The molecule has 1 aromatic carbocycles. The third-order valence-electron chi connectivity index (χ3n) is 4.54. The van der Waals surface area contributed by atoms with E-state index in [2.05, 4.69) is 15.3 Å². The molecule has 0 aliphatic heterocycles. The van der Waals surface area contributed by atoms with Crippen molar-refractivity contribution >= 4 is 27.5 Å². The van der Waals surface area contributed by atoms with Gasteiger partial charge >= 0.3 is 0 Å². The molecule has 0 fully saturated rings. The molecular weight excluding hydrogens is 391 g/mol. The molecule has 0 unspecified atom stereocenters. The Morgan fingerprint density at radius 1 is 1.21 bits per heavy atom. The van der Waals surface area contributed by atoms with E-state index < -0.39 is 0 Å². The molecule has 3 aromatic heterocycles. The number of rotatable bonds is 5. The fraction of sp³-hybridized carbons (Fsp3) is 0.143. The van der Waals surface area contributed by atoms with E-state index in [1.807, 2.05) is 24.4 Å². The predicted octanol–water partition coefficient (Wildman–Crippen LogP) is 3.54. The number of hydrogen-bond donors (Lipinski definition) is 1. The molecule has 0 aliphatic rings. The van der Waals surface area contributed by atoms with Crippen LogP contribution in [0.2, 0.25) is 0 Å². The second-order valence-corrected chi connectivity index (χ2v) is 7.42. The van der Waals surface area contributed by atoms with Crippen LogP contribution in [-0.4, -0.2) is 20.4 Å². The van der Waals surface area contributed by atoms with Crippen LogP contribution in [-0.2, 0) is 11.3 Å². The quantitative estimate of drug-likeness (QED) is 0.548. The molecule has 1 atom stereocenters.